The molecule has 0 aromatic rings. The van der Waals surface area contributed by atoms with Gasteiger partial charge in [-0.05, 0) is 31.9 Å². The Kier molecular flexibility index (Phi) is 5.41. The lowest BCUT2D eigenvalue weighted by Crippen LogP contribution is -2.51. The lowest BCUT2D eigenvalue weighted by Gasteiger charge is -2.38. The Labute approximate surface area is 130 Å². The van der Waals surface area contributed by atoms with E-state index in [0.29, 0.717) is 19.4 Å². The predicted molar refractivity (Wildman–Crippen MR) is 84.7 cm³/mol. The number of carbonyl (C=O) groups excluding carboxylic acids is 1. The highest BCUT2D eigenvalue weighted by molar-refractivity contribution is 8.00. The number of urea groups is 1. The van der Waals surface area contributed by atoms with Gasteiger partial charge in [-0.15, -0.1) is 0 Å². The summed E-state index contributed by atoms with van der Waals surface area (Å²) in [6.45, 7) is 0.903. The zero-order chi connectivity index (χ0) is 15.3. The van der Waals surface area contributed by atoms with Gasteiger partial charge in [-0.1, -0.05) is 25.7 Å². The number of nitrogens with one attached hydrogen (secondary N) is 2. The SMILES string of the molecule is CSC1(CNC(=O)NCC2(C(=O)O)CCC2)CCCCC1. The molecule has 0 heterocycles. The van der Waals surface area contributed by atoms with Crippen LogP contribution in [0.2, 0.25) is 0 Å². The van der Waals surface area contributed by atoms with Crippen LogP contribution in [-0.4, -0.2) is 41.2 Å². The van der Waals surface area contributed by atoms with Gasteiger partial charge in [0.2, 0.25) is 0 Å². The molecule has 0 spiro atoms. The fourth-order valence-corrected chi connectivity index (χ4v) is 4.19. The zero-order valence-electron chi connectivity index (χ0n) is 12.7. The number of hydrogen-bond acceptors (Lipinski definition) is 3. The number of carbonyl (C=O) groups is 2. The van der Waals surface area contributed by atoms with E-state index in [-0.39, 0.29) is 17.3 Å². The summed E-state index contributed by atoms with van der Waals surface area (Å²) in [6, 6.07) is -0.235. The number of amides is 2. The number of carboxylic acid groups (broad SMARTS) is 1. The molecule has 5 nitrogen and oxygen atoms in total. The van der Waals surface area contributed by atoms with Crippen molar-refractivity contribution in [2.24, 2.45) is 5.41 Å². The number of hydrogen-bond donors (Lipinski definition) is 3. The highest BCUT2D eigenvalue weighted by atomic mass is 32.2. The van der Waals surface area contributed by atoms with Crippen LogP contribution in [0.4, 0.5) is 4.79 Å². The third-order valence-electron chi connectivity index (χ3n) is 5.12. The summed E-state index contributed by atoms with van der Waals surface area (Å²) in [4.78, 5) is 23.2. The quantitative estimate of drug-likeness (QED) is 0.704. The smallest absolute Gasteiger partial charge is 0.314 e. The van der Waals surface area contributed by atoms with Gasteiger partial charge < -0.3 is 15.7 Å². The van der Waals surface area contributed by atoms with Crippen LogP contribution in [0.15, 0.2) is 0 Å². The molecule has 2 fully saturated rings. The molecule has 2 amide bonds. The van der Waals surface area contributed by atoms with Gasteiger partial charge in [-0.3, -0.25) is 4.79 Å². The highest BCUT2D eigenvalue weighted by Gasteiger charge is 2.44. The third-order valence-corrected chi connectivity index (χ3v) is 6.54. The number of aliphatic carboxylic acids is 1. The van der Waals surface area contributed by atoms with Gasteiger partial charge in [0.1, 0.15) is 0 Å². The van der Waals surface area contributed by atoms with E-state index in [0.717, 1.165) is 19.3 Å². The van der Waals surface area contributed by atoms with Crippen molar-refractivity contribution in [2.75, 3.05) is 19.3 Å². The van der Waals surface area contributed by atoms with E-state index < -0.39 is 11.4 Å². The molecule has 3 N–H and O–H groups in total. The molecule has 2 aliphatic carbocycles. The van der Waals surface area contributed by atoms with Crippen LogP contribution in [-0.2, 0) is 4.79 Å². The second-order valence-electron chi connectivity index (χ2n) is 6.42. The first-order valence-electron chi connectivity index (χ1n) is 7.82. The minimum absolute atomic E-state index is 0.163. The van der Waals surface area contributed by atoms with Gasteiger partial charge in [0.05, 0.1) is 5.41 Å². The largest absolute Gasteiger partial charge is 0.481 e. The van der Waals surface area contributed by atoms with Crippen LogP contribution in [0.25, 0.3) is 0 Å². The van der Waals surface area contributed by atoms with Gasteiger partial charge in [0, 0.05) is 17.8 Å². The van der Waals surface area contributed by atoms with Gasteiger partial charge in [-0.25, -0.2) is 4.79 Å². The highest BCUT2D eigenvalue weighted by Crippen LogP contribution is 2.40. The minimum atomic E-state index is -0.790. The normalized spacial score (nSPS) is 22.9. The lowest BCUT2D eigenvalue weighted by atomic mass is 9.69. The Bertz CT molecular complexity index is 390. The molecule has 0 unspecified atom stereocenters. The Morgan fingerprint density at radius 1 is 1.00 bits per heavy atom. The van der Waals surface area contributed by atoms with E-state index >= 15 is 0 Å². The Morgan fingerprint density at radius 3 is 2.10 bits per heavy atom. The zero-order valence-corrected chi connectivity index (χ0v) is 13.6. The van der Waals surface area contributed by atoms with Crippen molar-refractivity contribution in [1.29, 1.82) is 0 Å². The molecule has 0 radical (unpaired) electrons. The van der Waals surface area contributed by atoms with E-state index in [1.54, 1.807) is 0 Å². The summed E-state index contributed by atoms with van der Waals surface area (Å²) in [5.74, 6) is -0.790. The van der Waals surface area contributed by atoms with Gasteiger partial charge in [0.25, 0.3) is 0 Å². The van der Waals surface area contributed by atoms with Crippen LogP contribution in [0.3, 0.4) is 0 Å². The van der Waals surface area contributed by atoms with Crippen molar-refractivity contribution in [1.82, 2.24) is 10.6 Å². The summed E-state index contributed by atoms with van der Waals surface area (Å²) >= 11 is 1.84. The molecule has 0 aromatic heterocycles. The van der Waals surface area contributed by atoms with Gasteiger partial charge in [-0.2, -0.15) is 11.8 Å². The first-order valence-corrected chi connectivity index (χ1v) is 9.05. The second-order valence-corrected chi connectivity index (χ2v) is 7.70. The molecule has 120 valence electrons. The molecular weight excluding hydrogens is 288 g/mol. The van der Waals surface area contributed by atoms with Crippen LogP contribution in [0, 0.1) is 5.41 Å². The molecule has 2 aliphatic rings. The minimum Gasteiger partial charge on any atom is -0.481 e. The van der Waals surface area contributed by atoms with Crippen LogP contribution in [0.5, 0.6) is 0 Å². The van der Waals surface area contributed by atoms with Crippen molar-refractivity contribution >= 4 is 23.8 Å². The molecule has 0 bridgehead atoms. The Morgan fingerprint density at radius 2 is 1.62 bits per heavy atom. The number of thioether (sulfide) groups is 1. The average Bonchev–Trinajstić information content (AvgIpc) is 2.44. The topological polar surface area (TPSA) is 78.4 Å². The molecular formula is C15H26N2O3S. The third kappa shape index (κ3) is 3.84. The summed E-state index contributed by atoms with van der Waals surface area (Å²) in [6.07, 6.45) is 10.4. The first-order chi connectivity index (χ1) is 10.0. The molecule has 2 rings (SSSR count). The van der Waals surface area contributed by atoms with Gasteiger partial charge in [0.15, 0.2) is 0 Å². The molecule has 0 aliphatic heterocycles. The molecule has 21 heavy (non-hydrogen) atoms. The summed E-state index contributed by atoms with van der Waals surface area (Å²) < 4.78 is 0.163. The molecule has 6 heteroatoms. The van der Waals surface area contributed by atoms with Crippen molar-refractivity contribution < 1.29 is 14.7 Å². The van der Waals surface area contributed by atoms with Crippen molar-refractivity contribution in [3.8, 4) is 0 Å². The lowest BCUT2D eigenvalue weighted by molar-refractivity contribution is -0.153. The summed E-state index contributed by atoms with van der Waals surface area (Å²) in [5.41, 5.74) is -0.723. The summed E-state index contributed by atoms with van der Waals surface area (Å²) in [7, 11) is 0. The molecule has 0 saturated heterocycles. The number of carboxylic acids is 1. The standard InChI is InChI=1S/C15H26N2O3S/c1-21-15(8-3-2-4-9-15)11-17-13(20)16-10-14(12(18)19)6-5-7-14/h2-11H2,1H3,(H,18,19)(H2,16,17,20). The maximum atomic E-state index is 11.9. The molecule has 2 saturated carbocycles. The van der Waals surface area contributed by atoms with Crippen LogP contribution >= 0.6 is 11.8 Å². The molecule has 0 aromatic carbocycles. The van der Waals surface area contributed by atoms with Crippen LogP contribution < -0.4 is 10.6 Å². The maximum Gasteiger partial charge on any atom is 0.314 e. The maximum absolute atomic E-state index is 11.9. The van der Waals surface area contributed by atoms with E-state index in [1.165, 1.54) is 19.3 Å². The van der Waals surface area contributed by atoms with Gasteiger partial charge >= 0.3 is 12.0 Å². The summed E-state index contributed by atoms with van der Waals surface area (Å²) in [5, 5.41) is 14.9. The first kappa shape index (κ1) is 16.5. The molecule has 0 atom stereocenters. The average molecular weight is 314 g/mol. The van der Waals surface area contributed by atoms with Crippen molar-refractivity contribution in [2.45, 2.75) is 56.1 Å². The monoisotopic (exact) mass is 314 g/mol. The van der Waals surface area contributed by atoms with E-state index in [1.807, 2.05) is 11.8 Å². The van der Waals surface area contributed by atoms with Crippen molar-refractivity contribution in [3.63, 3.8) is 0 Å². The van der Waals surface area contributed by atoms with Crippen LogP contribution in [0.1, 0.15) is 51.4 Å². The fourth-order valence-electron chi connectivity index (χ4n) is 3.27. The van der Waals surface area contributed by atoms with E-state index in [4.69, 9.17) is 0 Å². The Balaban J connectivity index is 1.75. The number of rotatable bonds is 6. The fraction of sp³-hybridized carbons (Fsp3) is 0.867. The Hall–Kier alpha value is -0.910. The predicted octanol–water partition coefficient (Wildman–Crippen LogP) is 2.61. The van der Waals surface area contributed by atoms with E-state index in [2.05, 4.69) is 16.9 Å². The van der Waals surface area contributed by atoms with Crippen molar-refractivity contribution in [3.05, 3.63) is 0 Å². The second kappa shape index (κ2) is 6.90. The van der Waals surface area contributed by atoms with E-state index in [9.17, 15) is 14.7 Å².